The number of amides is 3. The maximum absolute atomic E-state index is 11.9. The molecule has 0 saturated carbocycles. The Bertz CT molecular complexity index is 809. The highest BCUT2D eigenvalue weighted by atomic mass is 16.5. The van der Waals surface area contributed by atoms with Crippen LogP contribution in [0.4, 0.5) is 0 Å². The van der Waals surface area contributed by atoms with Gasteiger partial charge in [0.15, 0.2) is 5.78 Å². The average molecular weight is 606 g/mol. The van der Waals surface area contributed by atoms with Gasteiger partial charge in [-0.1, -0.05) is 6.92 Å². The van der Waals surface area contributed by atoms with E-state index in [9.17, 15) is 33.9 Å². The summed E-state index contributed by atoms with van der Waals surface area (Å²) in [5.74, 6) is -3.00. The van der Waals surface area contributed by atoms with Crippen molar-refractivity contribution in [3.63, 3.8) is 0 Å². The summed E-state index contributed by atoms with van der Waals surface area (Å²) < 4.78 is 21.1. The van der Waals surface area contributed by atoms with E-state index in [1.165, 1.54) is 0 Å². The molecule has 0 aromatic rings. The molecule has 5 N–H and O–H groups in total. The van der Waals surface area contributed by atoms with Crippen molar-refractivity contribution in [3.8, 4) is 0 Å². The maximum Gasteiger partial charge on any atom is 0.326 e. The Morgan fingerprint density at radius 3 is 1.93 bits per heavy atom. The van der Waals surface area contributed by atoms with Gasteiger partial charge in [-0.2, -0.15) is 0 Å². The molecule has 0 bridgehead atoms. The van der Waals surface area contributed by atoms with E-state index in [1.807, 2.05) is 0 Å². The molecule has 0 aromatic carbocycles. The van der Waals surface area contributed by atoms with Crippen LogP contribution in [0, 0.1) is 0 Å². The number of carboxylic acid groups (broad SMARTS) is 2. The first kappa shape index (κ1) is 38.9. The Morgan fingerprint density at radius 1 is 0.619 bits per heavy atom. The standard InChI is InChI=1S/C27H47N3O12/c1-2-23(32)28-11-4-3-8-22(27(37)38)30-25(34)20-42-18-15-39-13-6-7-21(31)19-41-17-16-40-14-12-29-24(33)9-5-10-26(35)36/h22H,2-20H2,1H3,(H,28,32)(H,29,33)(H,30,34)(H,35,36)(H,37,38). The molecule has 15 nitrogen and oxygen atoms in total. The Labute approximate surface area is 246 Å². The van der Waals surface area contributed by atoms with E-state index < -0.39 is 23.9 Å². The first-order valence-corrected chi connectivity index (χ1v) is 14.3. The van der Waals surface area contributed by atoms with E-state index in [2.05, 4.69) is 16.0 Å². The van der Waals surface area contributed by atoms with Gasteiger partial charge in [-0.3, -0.25) is 24.0 Å². The van der Waals surface area contributed by atoms with Crippen LogP contribution < -0.4 is 16.0 Å². The quantitative estimate of drug-likeness (QED) is 0.0714. The van der Waals surface area contributed by atoms with Gasteiger partial charge in [0.1, 0.15) is 19.3 Å². The number of unbranched alkanes of at least 4 members (excludes halogenated alkanes) is 1. The average Bonchev–Trinajstić information content (AvgIpc) is 2.94. The number of ether oxygens (including phenoxy) is 4. The summed E-state index contributed by atoms with van der Waals surface area (Å²) in [6.07, 6.45) is 2.93. The molecule has 0 saturated heterocycles. The van der Waals surface area contributed by atoms with E-state index in [0.717, 1.165) is 0 Å². The number of carbonyl (C=O) groups is 6. The van der Waals surface area contributed by atoms with Crippen molar-refractivity contribution in [1.29, 1.82) is 0 Å². The van der Waals surface area contributed by atoms with Gasteiger partial charge in [-0.15, -0.1) is 0 Å². The minimum absolute atomic E-state index is 0.0469. The molecule has 1 atom stereocenters. The molecule has 3 amide bonds. The van der Waals surface area contributed by atoms with Crippen LogP contribution in [0.1, 0.15) is 64.7 Å². The molecule has 0 aromatic heterocycles. The minimum atomic E-state index is -1.14. The predicted octanol–water partition coefficient (Wildman–Crippen LogP) is 0.0391. The number of nitrogens with one attached hydrogen (secondary N) is 3. The first-order valence-electron chi connectivity index (χ1n) is 14.3. The van der Waals surface area contributed by atoms with Crippen LogP contribution in [0.15, 0.2) is 0 Å². The van der Waals surface area contributed by atoms with Crippen LogP contribution in [0.25, 0.3) is 0 Å². The van der Waals surface area contributed by atoms with Crippen LogP contribution in [0.5, 0.6) is 0 Å². The van der Waals surface area contributed by atoms with Gasteiger partial charge in [-0.05, 0) is 32.1 Å². The Kier molecular flexibility index (Phi) is 24.7. The minimum Gasteiger partial charge on any atom is -0.481 e. The third-order valence-corrected chi connectivity index (χ3v) is 5.54. The van der Waals surface area contributed by atoms with Gasteiger partial charge in [0.25, 0.3) is 0 Å². The number of ketones is 1. The molecule has 0 aliphatic carbocycles. The van der Waals surface area contributed by atoms with E-state index in [0.29, 0.717) is 45.4 Å². The number of Topliss-reactive ketones (excluding diaryl/α,β-unsaturated/α-hetero) is 1. The Morgan fingerprint density at radius 2 is 1.26 bits per heavy atom. The molecule has 0 radical (unpaired) electrons. The topological polar surface area (TPSA) is 216 Å². The second-order valence-electron chi connectivity index (χ2n) is 9.23. The number of aliphatic carboxylic acids is 2. The Balaban J connectivity index is 3.61. The van der Waals surface area contributed by atoms with Crippen molar-refractivity contribution in [3.05, 3.63) is 0 Å². The molecule has 1 unspecified atom stereocenters. The lowest BCUT2D eigenvalue weighted by Gasteiger charge is -2.14. The third-order valence-electron chi connectivity index (χ3n) is 5.54. The number of hydrogen-bond donors (Lipinski definition) is 5. The molecule has 0 aliphatic rings. The normalized spacial score (nSPS) is 11.5. The monoisotopic (exact) mass is 605 g/mol. The highest BCUT2D eigenvalue weighted by molar-refractivity contribution is 5.84. The smallest absolute Gasteiger partial charge is 0.326 e. The van der Waals surface area contributed by atoms with Crippen molar-refractivity contribution in [1.82, 2.24) is 16.0 Å². The van der Waals surface area contributed by atoms with Gasteiger partial charge in [0.05, 0.1) is 33.0 Å². The second kappa shape index (κ2) is 26.7. The van der Waals surface area contributed by atoms with Crippen molar-refractivity contribution < 1.29 is 57.9 Å². The summed E-state index contributed by atoms with van der Waals surface area (Å²) in [4.78, 5) is 68.2. The van der Waals surface area contributed by atoms with Gasteiger partial charge in [-0.25, -0.2) is 4.79 Å². The van der Waals surface area contributed by atoms with Gasteiger partial charge in [0.2, 0.25) is 17.7 Å². The summed E-state index contributed by atoms with van der Waals surface area (Å²) in [6.45, 7) is 3.60. The molecule has 0 aliphatic heterocycles. The van der Waals surface area contributed by atoms with Gasteiger partial charge in [0, 0.05) is 45.4 Å². The zero-order chi connectivity index (χ0) is 31.4. The zero-order valence-corrected chi connectivity index (χ0v) is 24.5. The predicted molar refractivity (Wildman–Crippen MR) is 149 cm³/mol. The summed E-state index contributed by atoms with van der Waals surface area (Å²) in [6, 6.07) is -1.03. The van der Waals surface area contributed by atoms with Crippen molar-refractivity contribution in [2.45, 2.75) is 70.8 Å². The van der Waals surface area contributed by atoms with E-state index in [4.69, 9.17) is 24.1 Å². The molecule has 0 spiro atoms. The fourth-order valence-electron chi connectivity index (χ4n) is 3.31. The molecular weight excluding hydrogens is 558 g/mol. The lowest BCUT2D eigenvalue weighted by Crippen LogP contribution is -2.42. The maximum atomic E-state index is 11.9. The number of carboxylic acids is 2. The number of hydrogen-bond acceptors (Lipinski definition) is 10. The summed E-state index contributed by atoms with van der Waals surface area (Å²) in [5, 5.41) is 25.6. The molecule has 242 valence electrons. The first-order chi connectivity index (χ1) is 20.1. The van der Waals surface area contributed by atoms with Crippen LogP contribution in [-0.2, 0) is 47.7 Å². The van der Waals surface area contributed by atoms with Crippen molar-refractivity contribution >= 4 is 35.4 Å². The van der Waals surface area contributed by atoms with Crippen LogP contribution in [-0.4, -0.2) is 118 Å². The van der Waals surface area contributed by atoms with Gasteiger partial charge < -0.3 is 45.1 Å². The van der Waals surface area contributed by atoms with E-state index in [-0.39, 0.29) is 95.9 Å². The number of carbonyl (C=O) groups excluding carboxylic acids is 4. The SMILES string of the molecule is CCC(=O)NCCCCC(NC(=O)COCCOCCCC(=O)COCCOCCNC(=O)CCCC(=O)O)C(=O)O. The molecule has 42 heavy (non-hydrogen) atoms. The lowest BCUT2D eigenvalue weighted by atomic mass is 10.1. The highest BCUT2D eigenvalue weighted by Gasteiger charge is 2.19. The van der Waals surface area contributed by atoms with E-state index in [1.54, 1.807) is 6.92 Å². The summed E-state index contributed by atoms with van der Waals surface area (Å²) in [7, 11) is 0. The molecule has 0 fully saturated rings. The second-order valence-corrected chi connectivity index (χ2v) is 9.23. The lowest BCUT2D eigenvalue weighted by molar-refractivity contribution is -0.143. The molecule has 15 heteroatoms. The van der Waals surface area contributed by atoms with Crippen molar-refractivity contribution in [2.24, 2.45) is 0 Å². The van der Waals surface area contributed by atoms with Gasteiger partial charge >= 0.3 is 11.9 Å². The largest absolute Gasteiger partial charge is 0.481 e. The molecule has 0 rings (SSSR count). The van der Waals surface area contributed by atoms with Crippen LogP contribution in [0.2, 0.25) is 0 Å². The Hall–Kier alpha value is -3.14. The summed E-state index contributed by atoms with van der Waals surface area (Å²) >= 11 is 0. The van der Waals surface area contributed by atoms with Crippen LogP contribution in [0.3, 0.4) is 0 Å². The molecular formula is C27H47N3O12. The van der Waals surface area contributed by atoms with Crippen molar-refractivity contribution in [2.75, 3.05) is 65.9 Å². The van der Waals surface area contributed by atoms with E-state index >= 15 is 0 Å². The third kappa shape index (κ3) is 25.8. The fraction of sp³-hybridized carbons (Fsp3) is 0.778. The highest BCUT2D eigenvalue weighted by Crippen LogP contribution is 2.02. The number of rotatable bonds is 29. The summed E-state index contributed by atoms with van der Waals surface area (Å²) in [5.41, 5.74) is 0. The molecule has 0 heterocycles. The zero-order valence-electron chi connectivity index (χ0n) is 24.5. The fourth-order valence-corrected chi connectivity index (χ4v) is 3.31. The van der Waals surface area contributed by atoms with Crippen LogP contribution >= 0.6 is 0 Å².